The van der Waals surface area contributed by atoms with Gasteiger partial charge < -0.3 is 9.88 Å². The average Bonchev–Trinajstić information content (AvgIpc) is 2.98. The number of benzene rings is 1. The first-order valence-corrected chi connectivity index (χ1v) is 7.29. The number of H-pyrrole nitrogens is 1. The molecule has 1 atom stereocenters. The van der Waals surface area contributed by atoms with Gasteiger partial charge in [0.2, 0.25) is 5.91 Å². The predicted molar refractivity (Wildman–Crippen MR) is 85.8 cm³/mol. The fraction of sp³-hybridized carbons (Fsp3) is 0.250. The van der Waals surface area contributed by atoms with Gasteiger partial charge in [-0.25, -0.2) is 10.1 Å². The molecule has 1 aromatic carbocycles. The largest absolute Gasteiger partial charge is 0.348 e. The average molecular weight is 311 g/mol. The molecule has 0 fully saturated rings. The van der Waals surface area contributed by atoms with E-state index in [-0.39, 0.29) is 11.5 Å². The van der Waals surface area contributed by atoms with Crippen LogP contribution in [-0.2, 0) is 18.4 Å². The summed E-state index contributed by atoms with van der Waals surface area (Å²) in [6.07, 6.45) is 3.50. The summed E-state index contributed by atoms with van der Waals surface area (Å²) in [5.74, 6) is 0.111. The molecule has 2 aromatic heterocycles. The molecule has 0 bridgehead atoms. The number of aromatic amines is 1. The first-order valence-electron chi connectivity index (χ1n) is 7.29. The number of hydrogen-bond donors (Lipinski definition) is 2. The molecule has 0 radical (unpaired) electrons. The van der Waals surface area contributed by atoms with Crippen LogP contribution in [0.1, 0.15) is 24.4 Å². The van der Waals surface area contributed by atoms with E-state index in [0.717, 1.165) is 5.82 Å². The van der Waals surface area contributed by atoms with Gasteiger partial charge in [0.25, 0.3) is 5.56 Å². The maximum absolute atomic E-state index is 12.4. The van der Waals surface area contributed by atoms with Crippen LogP contribution in [0.15, 0.2) is 41.5 Å². The lowest BCUT2D eigenvalue weighted by atomic mass is 10.0. The van der Waals surface area contributed by atoms with Crippen molar-refractivity contribution in [1.82, 2.24) is 25.1 Å². The minimum absolute atomic E-state index is 0.169. The number of nitrogens with zero attached hydrogens (tertiary/aromatic N) is 3. The van der Waals surface area contributed by atoms with Crippen molar-refractivity contribution in [1.29, 1.82) is 0 Å². The highest BCUT2D eigenvalue weighted by Crippen LogP contribution is 2.20. The van der Waals surface area contributed by atoms with Crippen molar-refractivity contribution in [3.63, 3.8) is 0 Å². The molecule has 118 valence electrons. The Kier molecular flexibility index (Phi) is 3.92. The Bertz CT molecular complexity index is 912. The van der Waals surface area contributed by atoms with Gasteiger partial charge >= 0.3 is 0 Å². The molecule has 7 nitrogen and oxygen atoms in total. The molecule has 0 unspecified atom stereocenters. The standard InChI is InChI=1S/C16H17N5O2/c1-10(15(22)18-9-13-17-7-8-21(13)2)14-11-5-3-4-6-12(11)16(23)20-19-14/h3-8,10H,9H2,1-2H3,(H,18,22)(H,20,23)/t10-/m0/s1. The number of aryl methyl sites for hydroxylation is 1. The Morgan fingerprint density at radius 2 is 2.09 bits per heavy atom. The summed E-state index contributed by atoms with van der Waals surface area (Å²) in [6.45, 7) is 2.11. The van der Waals surface area contributed by atoms with Gasteiger partial charge in [-0.1, -0.05) is 18.2 Å². The first kappa shape index (κ1) is 15.0. The zero-order chi connectivity index (χ0) is 16.4. The zero-order valence-corrected chi connectivity index (χ0v) is 12.9. The smallest absolute Gasteiger partial charge is 0.272 e. The molecule has 3 rings (SSSR count). The van der Waals surface area contributed by atoms with Crippen LogP contribution in [0.25, 0.3) is 10.8 Å². The minimum Gasteiger partial charge on any atom is -0.348 e. The second-order valence-corrected chi connectivity index (χ2v) is 5.38. The van der Waals surface area contributed by atoms with Gasteiger partial charge in [0, 0.05) is 24.8 Å². The third-order valence-electron chi connectivity index (χ3n) is 3.87. The van der Waals surface area contributed by atoms with Gasteiger partial charge in [0.15, 0.2) is 0 Å². The van der Waals surface area contributed by atoms with Gasteiger partial charge in [0.1, 0.15) is 5.82 Å². The summed E-state index contributed by atoms with van der Waals surface area (Å²) in [6, 6.07) is 7.13. The van der Waals surface area contributed by atoms with Crippen LogP contribution in [0.3, 0.4) is 0 Å². The molecule has 0 saturated carbocycles. The number of imidazole rings is 1. The van der Waals surface area contributed by atoms with Crippen LogP contribution >= 0.6 is 0 Å². The lowest BCUT2D eigenvalue weighted by Gasteiger charge is -2.13. The molecular formula is C16H17N5O2. The molecule has 7 heteroatoms. The molecule has 0 saturated heterocycles. The number of fused-ring (bicyclic) bond motifs is 1. The topological polar surface area (TPSA) is 92.7 Å². The predicted octanol–water partition coefficient (Wildman–Crippen LogP) is 1.08. The third-order valence-corrected chi connectivity index (χ3v) is 3.87. The summed E-state index contributed by atoms with van der Waals surface area (Å²) < 4.78 is 1.85. The molecule has 2 N–H and O–H groups in total. The van der Waals surface area contributed by atoms with Gasteiger partial charge in [-0.15, -0.1) is 0 Å². The second-order valence-electron chi connectivity index (χ2n) is 5.38. The number of aromatic nitrogens is 4. The Balaban J connectivity index is 1.84. The van der Waals surface area contributed by atoms with Crippen LogP contribution in [0.4, 0.5) is 0 Å². The zero-order valence-electron chi connectivity index (χ0n) is 12.9. The lowest BCUT2D eigenvalue weighted by molar-refractivity contribution is -0.122. The highest BCUT2D eigenvalue weighted by molar-refractivity contribution is 5.90. The van der Waals surface area contributed by atoms with Crippen molar-refractivity contribution < 1.29 is 4.79 Å². The van der Waals surface area contributed by atoms with E-state index < -0.39 is 5.92 Å². The molecular weight excluding hydrogens is 294 g/mol. The van der Waals surface area contributed by atoms with Gasteiger partial charge in [-0.05, 0) is 13.0 Å². The van der Waals surface area contributed by atoms with E-state index in [4.69, 9.17) is 0 Å². The van der Waals surface area contributed by atoms with Gasteiger partial charge in [-0.2, -0.15) is 5.10 Å². The summed E-state index contributed by atoms with van der Waals surface area (Å²) in [5.41, 5.74) is 0.294. The van der Waals surface area contributed by atoms with E-state index in [2.05, 4.69) is 20.5 Å². The molecule has 0 aliphatic carbocycles. The van der Waals surface area contributed by atoms with Crippen molar-refractivity contribution >= 4 is 16.7 Å². The summed E-state index contributed by atoms with van der Waals surface area (Å²) >= 11 is 0. The second kappa shape index (κ2) is 6.04. The summed E-state index contributed by atoms with van der Waals surface area (Å²) in [4.78, 5) is 28.4. The SMILES string of the molecule is C[C@H](C(=O)NCc1nccn1C)c1n[nH]c(=O)c2ccccc12. The van der Waals surface area contributed by atoms with Crippen molar-refractivity contribution in [2.24, 2.45) is 7.05 Å². The van der Waals surface area contributed by atoms with Crippen molar-refractivity contribution in [3.05, 3.63) is 58.5 Å². The third kappa shape index (κ3) is 2.85. The normalized spacial score (nSPS) is 12.3. The monoisotopic (exact) mass is 311 g/mol. The number of rotatable bonds is 4. The maximum Gasteiger partial charge on any atom is 0.272 e. The number of carbonyl (C=O) groups excluding carboxylic acids is 1. The molecule has 0 aliphatic heterocycles. The van der Waals surface area contributed by atoms with E-state index >= 15 is 0 Å². The van der Waals surface area contributed by atoms with E-state index in [1.165, 1.54) is 0 Å². The fourth-order valence-corrected chi connectivity index (χ4v) is 2.48. The van der Waals surface area contributed by atoms with Crippen molar-refractivity contribution in [2.45, 2.75) is 19.4 Å². The number of nitrogens with one attached hydrogen (secondary N) is 2. The quantitative estimate of drug-likeness (QED) is 0.754. The number of amides is 1. The Morgan fingerprint density at radius 3 is 2.78 bits per heavy atom. The molecule has 0 spiro atoms. The number of carbonyl (C=O) groups is 1. The highest BCUT2D eigenvalue weighted by Gasteiger charge is 2.20. The van der Waals surface area contributed by atoms with Crippen LogP contribution in [0, 0.1) is 0 Å². The van der Waals surface area contributed by atoms with Crippen molar-refractivity contribution in [2.75, 3.05) is 0 Å². The van der Waals surface area contributed by atoms with E-state index in [0.29, 0.717) is 23.0 Å². The summed E-state index contributed by atoms with van der Waals surface area (Å²) in [7, 11) is 1.87. The number of hydrogen-bond acceptors (Lipinski definition) is 4. The van der Waals surface area contributed by atoms with Gasteiger partial charge in [0.05, 0.1) is 23.5 Å². The molecule has 2 heterocycles. The van der Waals surface area contributed by atoms with Crippen LogP contribution < -0.4 is 10.9 Å². The van der Waals surface area contributed by atoms with Crippen LogP contribution in [-0.4, -0.2) is 25.7 Å². The molecule has 3 aromatic rings. The highest BCUT2D eigenvalue weighted by atomic mass is 16.2. The lowest BCUT2D eigenvalue weighted by Crippen LogP contribution is -2.29. The molecule has 0 aliphatic rings. The van der Waals surface area contributed by atoms with Gasteiger partial charge in [-0.3, -0.25) is 9.59 Å². The Labute approximate surface area is 132 Å². The molecule has 23 heavy (non-hydrogen) atoms. The van der Waals surface area contributed by atoms with Crippen molar-refractivity contribution in [3.8, 4) is 0 Å². The molecule has 1 amide bonds. The van der Waals surface area contributed by atoms with Crippen LogP contribution in [0.5, 0.6) is 0 Å². The maximum atomic E-state index is 12.4. The minimum atomic E-state index is -0.489. The van der Waals surface area contributed by atoms with E-state index in [1.807, 2.05) is 23.9 Å². The van der Waals surface area contributed by atoms with E-state index in [1.54, 1.807) is 31.3 Å². The fourth-order valence-electron chi connectivity index (χ4n) is 2.48. The first-order chi connectivity index (χ1) is 11.1. The summed E-state index contributed by atoms with van der Waals surface area (Å²) in [5, 5.41) is 10.6. The Hall–Kier alpha value is -2.96. The van der Waals surface area contributed by atoms with Crippen LogP contribution in [0.2, 0.25) is 0 Å². The van der Waals surface area contributed by atoms with E-state index in [9.17, 15) is 9.59 Å². The Morgan fingerprint density at radius 1 is 1.35 bits per heavy atom.